The lowest BCUT2D eigenvalue weighted by Crippen LogP contribution is -1.91. The Morgan fingerprint density at radius 3 is 2.86 bits per heavy atom. The monoisotopic (exact) mass is 192 g/mol. The van der Waals surface area contributed by atoms with E-state index in [0.717, 1.165) is 0 Å². The van der Waals surface area contributed by atoms with Gasteiger partial charge in [-0.3, -0.25) is 0 Å². The molecule has 0 fully saturated rings. The molecule has 0 spiro atoms. The van der Waals surface area contributed by atoms with E-state index in [-0.39, 0.29) is 12.4 Å². The normalized spacial score (nSPS) is 8.93. The summed E-state index contributed by atoms with van der Waals surface area (Å²) in [6.45, 7) is 0.00735. The first-order valence-corrected chi connectivity index (χ1v) is 3.94. The molecule has 0 saturated carbocycles. The smallest absolute Gasteiger partial charge is 0.363 e. The Morgan fingerprint density at radius 1 is 1.57 bits per heavy atom. The van der Waals surface area contributed by atoms with E-state index >= 15 is 0 Å². The minimum Gasteiger partial charge on any atom is -0.395 e. The zero-order valence-corrected chi connectivity index (χ0v) is 7.30. The van der Waals surface area contributed by atoms with Crippen molar-refractivity contribution in [2.45, 2.75) is 6.42 Å². The van der Waals surface area contributed by atoms with Crippen molar-refractivity contribution >= 4 is 5.82 Å². The SMILES string of the molecule is O=[N+]([O-])c1ccc(C#CCCO)cn1. The first kappa shape index (κ1) is 10.2. The van der Waals surface area contributed by atoms with Crippen molar-refractivity contribution in [3.63, 3.8) is 0 Å². The number of aliphatic hydroxyl groups is 1. The zero-order valence-electron chi connectivity index (χ0n) is 7.30. The average molecular weight is 192 g/mol. The summed E-state index contributed by atoms with van der Waals surface area (Å²) < 4.78 is 0. The molecule has 0 aliphatic rings. The lowest BCUT2D eigenvalue weighted by Gasteiger charge is -1.89. The molecule has 0 bridgehead atoms. The fourth-order valence-corrected chi connectivity index (χ4v) is 0.788. The summed E-state index contributed by atoms with van der Waals surface area (Å²) in [5.41, 5.74) is 0.601. The molecule has 0 aliphatic carbocycles. The van der Waals surface area contributed by atoms with E-state index in [4.69, 9.17) is 5.11 Å². The second-order valence-corrected chi connectivity index (χ2v) is 2.44. The van der Waals surface area contributed by atoms with Gasteiger partial charge in [0.1, 0.15) is 0 Å². The Labute approximate surface area is 80.6 Å². The van der Waals surface area contributed by atoms with Crippen molar-refractivity contribution in [2.24, 2.45) is 0 Å². The molecule has 0 unspecified atom stereocenters. The van der Waals surface area contributed by atoms with Gasteiger partial charge in [0.05, 0.1) is 12.2 Å². The highest BCUT2D eigenvalue weighted by atomic mass is 16.6. The molecular formula is C9H8N2O3. The Hall–Kier alpha value is -1.93. The van der Waals surface area contributed by atoms with Gasteiger partial charge in [0.25, 0.3) is 0 Å². The lowest BCUT2D eigenvalue weighted by molar-refractivity contribution is -0.389. The van der Waals surface area contributed by atoms with Gasteiger partial charge in [0.2, 0.25) is 0 Å². The van der Waals surface area contributed by atoms with Gasteiger partial charge >= 0.3 is 5.82 Å². The summed E-state index contributed by atoms with van der Waals surface area (Å²) in [5.74, 6) is 5.21. The van der Waals surface area contributed by atoms with Crippen molar-refractivity contribution in [1.82, 2.24) is 4.98 Å². The van der Waals surface area contributed by atoms with E-state index in [1.165, 1.54) is 18.3 Å². The van der Waals surface area contributed by atoms with Crippen molar-refractivity contribution < 1.29 is 10.0 Å². The summed E-state index contributed by atoms with van der Waals surface area (Å²) in [5, 5.41) is 18.7. The highest BCUT2D eigenvalue weighted by Crippen LogP contribution is 2.06. The standard InChI is InChI=1S/C9H8N2O3/c12-6-2-1-3-8-4-5-9(10-7-8)11(13)14/h4-5,7,12H,2,6H2. The zero-order chi connectivity index (χ0) is 10.4. The second kappa shape index (κ2) is 4.94. The molecule has 0 amide bonds. The Balaban J connectivity index is 2.75. The van der Waals surface area contributed by atoms with E-state index in [1.54, 1.807) is 0 Å². The minimum atomic E-state index is -0.565. The van der Waals surface area contributed by atoms with Crippen LogP contribution < -0.4 is 0 Å². The van der Waals surface area contributed by atoms with Gasteiger partial charge in [0.15, 0.2) is 6.20 Å². The molecule has 1 aromatic heterocycles. The summed E-state index contributed by atoms with van der Waals surface area (Å²) >= 11 is 0. The topological polar surface area (TPSA) is 76.3 Å². The molecule has 72 valence electrons. The van der Waals surface area contributed by atoms with Crippen LogP contribution in [0.1, 0.15) is 12.0 Å². The van der Waals surface area contributed by atoms with E-state index < -0.39 is 4.92 Å². The summed E-state index contributed by atoms with van der Waals surface area (Å²) in [6.07, 6.45) is 1.72. The van der Waals surface area contributed by atoms with Gasteiger partial charge in [-0.2, -0.15) is 0 Å². The van der Waals surface area contributed by atoms with Gasteiger partial charge < -0.3 is 15.2 Å². The molecule has 5 heteroatoms. The van der Waals surface area contributed by atoms with Gasteiger partial charge in [-0.25, -0.2) is 0 Å². The predicted octanol–water partition coefficient (Wildman–Crippen LogP) is 0.724. The van der Waals surface area contributed by atoms with Gasteiger partial charge in [-0.05, 0) is 16.0 Å². The molecule has 14 heavy (non-hydrogen) atoms. The van der Waals surface area contributed by atoms with E-state index in [2.05, 4.69) is 16.8 Å². The van der Waals surface area contributed by atoms with Crippen molar-refractivity contribution in [3.05, 3.63) is 34.0 Å². The van der Waals surface area contributed by atoms with Crippen molar-refractivity contribution in [1.29, 1.82) is 0 Å². The molecule has 1 N–H and O–H groups in total. The van der Waals surface area contributed by atoms with Crippen molar-refractivity contribution in [3.8, 4) is 11.8 Å². The highest BCUT2D eigenvalue weighted by Gasteiger charge is 2.04. The van der Waals surface area contributed by atoms with E-state index in [9.17, 15) is 10.1 Å². The largest absolute Gasteiger partial charge is 0.395 e. The first-order valence-electron chi connectivity index (χ1n) is 3.94. The third-order valence-electron chi connectivity index (χ3n) is 1.40. The van der Waals surface area contributed by atoms with Crippen LogP contribution in [0.4, 0.5) is 5.82 Å². The van der Waals surface area contributed by atoms with Crippen LogP contribution in [0, 0.1) is 22.0 Å². The number of aliphatic hydroxyl groups excluding tert-OH is 1. The van der Waals surface area contributed by atoms with Gasteiger partial charge in [-0.15, -0.1) is 0 Å². The Morgan fingerprint density at radius 2 is 2.36 bits per heavy atom. The molecule has 0 saturated heterocycles. The maximum atomic E-state index is 10.2. The maximum Gasteiger partial charge on any atom is 0.363 e. The molecule has 1 aromatic rings. The second-order valence-electron chi connectivity index (χ2n) is 2.44. The number of rotatable bonds is 2. The number of hydrogen-bond donors (Lipinski definition) is 1. The van der Waals surface area contributed by atoms with Crippen LogP contribution in [0.15, 0.2) is 18.3 Å². The highest BCUT2D eigenvalue weighted by molar-refractivity contribution is 5.35. The minimum absolute atomic E-state index is 0.00735. The molecule has 5 nitrogen and oxygen atoms in total. The third kappa shape index (κ3) is 2.84. The van der Waals surface area contributed by atoms with Crippen LogP contribution in [0.25, 0.3) is 0 Å². The summed E-state index contributed by atoms with van der Waals surface area (Å²) in [6, 6.07) is 2.82. The average Bonchev–Trinajstić information content (AvgIpc) is 2.19. The number of hydrogen-bond acceptors (Lipinski definition) is 4. The van der Waals surface area contributed by atoms with Crippen molar-refractivity contribution in [2.75, 3.05) is 6.61 Å². The molecule has 0 aromatic carbocycles. The fourth-order valence-electron chi connectivity index (χ4n) is 0.788. The quantitative estimate of drug-likeness (QED) is 0.425. The fraction of sp³-hybridized carbons (Fsp3) is 0.222. The van der Waals surface area contributed by atoms with Crippen LogP contribution in [-0.4, -0.2) is 21.6 Å². The molecular weight excluding hydrogens is 184 g/mol. The van der Waals surface area contributed by atoms with Crippen LogP contribution >= 0.6 is 0 Å². The van der Waals surface area contributed by atoms with Gasteiger partial charge in [0, 0.05) is 12.5 Å². The first-order chi connectivity index (χ1) is 6.74. The molecule has 0 radical (unpaired) electrons. The van der Waals surface area contributed by atoms with Crippen LogP contribution in [0.5, 0.6) is 0 Å². The van der Waals surface area contributed by atoms with Gasteiger partial charge in [-0.1, -0.05) is 11.8 Å². The predicted molar refractivity (Wildman–Crippen MR) is 49.5 cm³/mol. The summed E-state index contributed by atoms with van der Waals surface area (Å²) in [7, 11) is 0. The van der Waals surface area contributed by atoms with Crippen LogP contribution in [-0.2, 0) is 0 Å². The number of aromatic nitrogens is 1. The van der Waals surface area contributed by atoms with Crippen LogP contribution in [0.3, 0.4) is 0 Å². The molecule has 1 heterocycles. The maximum absolute atomic E-state index is 10.2. The summed E-state index contributed by atoms with van der Waals surface area (Å²) in [4.78, 5) is 13.3. The number of nitrogens with zero attached hydrogens (tertiary/aromatic N) is 2. The van der Waals surface area contributed by atoms with E-state index in [1.807, 2.05) is 0 Å². The lowest BCUT2D eigenvalue weighted by atomic mass is 10.3. The van der Waals surface area contributed by atoms with Crippen LogP contribution in [0.2, 0.25) is 0 Å². The number of nitro groups is 1. The molecule has 0 atom stereocenters. The Bertz CT molecular complexity index is 375. The third-order valence-corrected chi connectivity index (χ3v) is 1.40. The van der Waals surface area contributed by atoms with E-state index in [0.29, 0.717) is 12.0 Å². The number of pyridine rings is 1. The Kier molecular flexibility index (Phi) is 3.58. The molecule has 0 aliphatic heterocycles. The molecule has 1 rings (SSSR count).